The standard InChI is InChI=1S/C9H10O2/c1-6-7-4-2-3-5-8(7)9(10)11-6/h2-8H,1H3. The van der Waals surface area contributed by atoms with Crippen molar-refractivity contribution in [3.05, 3.63) is 24.3 Å². The summed E-state index contributed by atoms with van der Waals surface area (Å²) in [6.07, 6.45) is 7.88. The van der Waals surface area contributed by atoms with Crippen molar-refractivity contribution < 1.29 is 9.53 Å². The van der Waals surface area contributed by atoms with Gasteiger partial charge in [0.2, 0.25) is 0 Å². The maximum absolute atomic E-state index is 11.1. The van der Waals surface area contributed by atoms with Gasteiger partial charge in [-0.15, -0.1) is 0 Å². The smallest absolute Gasteiger partial charge is 0.313 e. The van der Waals surface area contributed by atoms with E-state index in [2.05, 4.69) is 0 Å². The van der Waals surface area contributed by atoms with Crippen LogP contribution in [0.5, 0.6) is 0 Å². The minimum Gasteiger partial charge on any atom is -0.462 e. The Bertz CT molecular complexity index is 240. The van der Waals surface area contributed by atoms with Gasteiger partial charge in [0.1, 0.15) is 6.10 Å². The first-order valence-corrected chi connectivity index (χ1v) is 3.84. The predicted octanol–water partition coefficient (Wildman–Crippen LogP) is 1.29. The first-order valence-electron chi connectivity index (χ1n) is 3.84. The fourth-order valence-electron chi connectivity index (χ4n) is 1.65. The van der Waals surface area contributed by atoms with E-state index >= 15 is 0 Å². The summed E-state index contributed by atoms with van der Waals surface area (Å²) in [6, 6.07) is 0. The quantitative estimate of drug-likeness (QED) is 0.486. The monoisotopic (exact) mass is 150 g/mol. The van der Waals surface area contributed by atoms with Crippen LogP contribution in [0.1, 0.15) is 6.92 Å². The zero-order chi connectivity index (χ0) is 7.84. The summed E-state index contributed by atoms with van der Waals surface area (Å²) in [5.41, 5.74) is 0. The summed E-state index contributed by atoms with van der Waals surface area (Å²) in [5, 5.41) is 0. The zero-order valence-corrected chi connectivity index (χ0v) is 6.36. The number of carbonyl (C=O) groups excluding carboxylic acids is 1. The Kier molecular flexibility index (Phi) is 1.34. The number of fused-ring (bicyclic) bond motifs is 1. The van der Waals surface area contributed by atoms with E-state index in [4.69, 9.17) is 4.74 Å². The third kappa shape index (κ3) is 0.897. The Morgan fingerprint density at radius 3 is 2.82 bits per heavy atom. The van der Waals surface area contributed by atoms with Crippen LogP contribution in [0.25, 0.3) is 0 Å². The number of carbonyl (C=O) groups is 1. The molecule has 0 N–H and O–H groups in total. The summed E-state index contributed by atoms with van der Waals surface area (Å²) in [6.45, 7) is 1.94. The molecule has 1 aliphatic carbocycles. The first-order chi connectivity index (χ1) is 5.29. The predicted molar refractivity (Wildman–Crippen MR) is 40.8 cm³/mol. The molecule has 3 unspecified atom stereocenters. The topological polar surface area (TPSA) is 26.3 Å². The molecule has 3 atom stereocenters. The van der Waals surface area contributed by atoms with Crippen molar-refractivity contribution in [3.63, 3.8) is 0 Å². The second kappa shape index (κ2) is 2.22. The van der Waals surface area contributed by atoms with E-state index in [-0.39, 0.29) is 23.9 Å². The second-order valence-corrected chi connectivity index (χ2v) is 3.01. The highest BCUT2D eigenvalue weighted by Crippen LogP contribution is 2.32. The molecule has 1 heterocycles. The molecule has 0 amide bonds. The van der Waals surface area contributed by atoms with Crippen LogP contribution in [0.4, 0.5) is 0 Å². The maximum Gasteiger partial charge on any atom is 0.313 e. The van der Waals surface area contributed by atoms with E-state index in [0.717, 1.165) is 0 Å². The molecule has 0 spiro atoms. The molecule has 2 rings (SSSR count). The third-order valence-electron chi connectivity index (χ3n) is 2.29. The average Bonchev–Trinajstić information content (AvgIpc) is 2.30. The SMILES string of the molecule is CC1OC(=O)C2C=CC=CC12. The fraction of sp³-hybridized carbons (Fsp3) is 0.444. The number of hydrogen-bond donors (Lipinski definition) is 0. The third-order valence-corrected chi connectivity index (χ3v) is 2.29. The van der Waals surface area contributed by atoms with Crippen molar-refractivity contribution in [2.75, 3.05) is 0 Å². The highest BCUT2D eigenvalue weighted by atomic mass is 16.6. The maximum atomic E-state index is 11.1. The molecule has 2 heteroatoms. The van der Waals surface area contributed by atoms with Crippen molar-refractivity contribution in [2.45, 2.75) is 13.0 Å². The molecule has 1 fully saturated rings. The lowest BCUT2D eigenvalue weighted by molar-refractivity contribution is -0.142. The molecule has 0 aromatic rings. The van der Waals surface area contributed by atoms with Crippen LogP contribution in [0.3, 0.4) is 0 Å². The summed E-state index contributed by atoms with van der Waals surface area (Å²) in [5.74, 6) is 0.172. The van der Waals surface area contributed by atoms with E-state index in [1.807, 2.05) is 31.2 Å². The molecule has 11 heavy (non-hydrogen) atoms. The highest BCUT2D eigenvalue weighted by Gasteiger charge is 2.39. The number of cyclic esters (lactones) is 1. The Balaban J connectivity index is 2.29. The molecule has 0 aromatic carbocycles. The largest absolute Gasteiger partial charge is 0.462 e. The van der Waals surface area contributed by atoms with Crippen LogP contribution in [-0.4, -0.2) is 12.1 Å². The molecule has 0 radical (unpaired) electrons. The normalized spacial score (nSPS) is 40.5. The van der Waals surface area contributed by atoms with Gasteiger partial charge in [-0.3, -0.25) is 4.79 Å². The van der Waals surface area contributed by atoms with Crippen molar-refractivity contribution in [1.82, 2.24) is 0 Å². The van der Waals surface area contributed by atoms with Crippen LogP contribution in [0.15, 0.2) is 24.3 Å². The molecular weight excluding hydrogens is 140 g/mol. The van der Waals surface area contributed by atoms with Gasteiger partial charge >= 0.3 is 5.97 Å². The van der Waals surface area contributed by atoms with Gasteiger partial charge in [-0.2, -0.15) is 0 Å². The summed E-state index contributed by atoms with van der Waals surface area (Å²) in [7, 11) is 0. The van der Waals surface area contributed by atoms with Crippen LogP contribution >= 0.6 is 0 Å². The molecule has 0 aromatic heterocycles. The van der Waals surface area contributed by atoms with Crippen LogP contribution in [-0.2, 0) is 9.53 Å². The molecule has 0 saturated carbocycles. The highest BCUT2D eigenvalue weighted by molar-refractivity contribution is 5.78. The van der Waals surface area contributed by atoms with Crippen molar-refractivity contribution in [2.24, 2.45) is 11.8 Å². The number of rotatable bonds is 0. The van der Waals surface area contributed by atoms with Crippen molar-refractivity contribution in [1.29, 1.82) is 0 Å². The lowest BCUT2D eigenvalue weighted by Gasteiger charge is -2.12. The number of esters is 1. The Morgan fingerprint density at radius 1 is 1.36 bits per heavy atom. The fourth-order valence-corrected chi connectivity index (χ4v) is 1.65. The van der Waals surface area contributed by atoms with Crippen LogP contribution in [0.2, 0.25) is 0 Å². The second-order valence-electron chi connectivity index (χ2n) is 3.01. The van der Waals surface area contributed by atoms with E-state index < -0.39 is 0 Å². The Labute approximate surface area is 65.5 Å². The lowest BCUT2D eigenvalue weighted by Crippen LogP contribution is -2.16. The van der Waals surface area contributed by atoms with Gasteiger partial charge in [0.05, 0.1) is 5.92 Å². The summed E-state index contributed by atoms with van der Waals surface area (Å²) in [4.78, 5) is 11.1. The minimum absolute atomic E-state index is 0.0185. The van der Waals surface area contributed by atoms with Gasteiger partial charge in [-0.1, -0.05) is 24.3 Å². The van der Waals surface area contributed by atoms with Gasteiger partial charge in [0, 0.05) is 5.92 Å². The van der Waals surface area contributed by atoms with E-state index in [1.165, 1.54) is 0 Å². The zero-order valence-electron chi connectivity index (χ0n) is 6.36. The number of allylic oxidation sites excluding steroid dienone is 2. The van der Waals surface area contributed by atoms with Crippen LogP contribution in [0, 0.1) is 11.8 Å². The molecule has 2 nitrogen and oxygen atoms in total. The van der Waals surface area contributed by atoms with Gasteiger partial charge in [-0.25, -0.2) is 0 Å². The molecule has 1 aliphatic heterocycles. The first kappa shape index (κ1) is 6.65. The van der Waals surface area contributed by atoms with Gasteiger partial charge < -0.3 is 4.74 Å². The Morgan fingerprint density at radius 2 is 2.09 bits per heavy atom. The average molecular weight is 150 g/mol. The van der Waals surface area contributed by atoms with Crippen molar-refractivity contribution in [3.8, 4) is 0 Å². The molecule has 1 saturated heterocycles. The van der Waals surface area contributed by atoms with Crippen LogP contribution < -0.4 is 0 Å². The minimum atomic E-state index is -0.0805. The molecule has 58 valence electrons. The molecule has 0 bridgehead atoms. The lowest BCUT2D eigenvalue weighted by atomic mass is 9.88. The Hall–Kier alpha value is -1.05. The molecule has 2 aliphatic rings. The van der Waals surface area contributed by atoms with E-state index in [1.54, 1.807) is 0 Å². The van der Waals surface area contributed by atoms with Gasteiger partial charge in [-0.05, 0) is 6.92 Å². The summed E-state index contributed by atoms with van der Waals surface area (Å²) >= 11 is 0. The number of ether oxygens (including phenoxy) is 1. The molecular formula is C9H10O2. The van der Waals surface area contributed by atoms with E-state index in [0.29, 0.717) is 0 Å². The summed E-state index contributed by atoms with van der Waals surface area (Å²) < 4.78 is 5.07. The number of hydrogen-bond acceptors (Lipinski definition) is 2. The van der Waals surface area contributed by atoms with Gasteiger partial charge in [0.15, 0.2) is 0 Å². The van der Waals surface area contributed by atoms with Gasteiger partial charge in [0.25, 0.3) is 0 Å². The van der Waals surface area contributed by atoms with Crippen molar-refractivity contribution >= 4 is 5.97 Å². The van der Waals surface area contributed by atoms with E-state index in [9.17, 15) is 4.79 Å².